The summed E-state index contributed by atoms with van der Waals surface area (Å²) in [5.41, 5.74) is 0.253. The number of carboxylic acids is 1. The van der Waals surface area contributed by atoms with E-state index in [-0.39, 0.29) is 17.9 Å². The SMILES string of the molecule is CC(C)[C@@H](NC(=O)Cc1ccccc1F)C(=O)O. The van der Waals surface area contributed by atoms with Gasteiger partial charge in [0.05, 0.1) is 6.42 Å². The zero-order valence-corrected chi connectivity index (χ0v) is 10.3. The van der Waals surface area contributed by atoms with Crippen LogP contribution in [0.3, 0.4) is 0 Å². The molecule has 0 aromatic heterocycles. The minimum Gasteiger partial charge on any atom is -0.480 e. The normalized spacial score (nSPS) is 12.2. The Labute approximate surface area is 105 Å². The van der Waals surface area contributed by atoms with Crippen LogP contribution in [0.2, 0.25) is 0 Å². The average molecular weight is 253 g/mol. The third kappa shape index (κ3) is 3.84. The summed E-state index contributed by atoms with van der Waals surface area (Å²) in [4.78, 5) is 22.5. The number of halogens is 1. The Morgan fingerprint density at radius 3 is 2.44 bits per heavy atom. The Morgan fingerprint density at radius 1 is 1.33 bits per heavy atom. The molecule has 5 heteroatoms. The van der Waals surface area contributed by atoms with Crippen molar-refractivity contribution in [2.45, 2.75) is 26.3 Å². The molecule has 0 heterocycles. The molecule has 0 bridgehead atoms. The number of amides is 1. The molecule has 1 amide bonds. The molecule has 0 radical (unpaired) electrons. The number of carbonyl (C=O) groups excluding carboxylic acids is 1. The van der Waals surface area contributed by atoms with Gasteiger partial charge in [-0.3, -0.25) is 4.79 Å². The van der Waals surface area contributed by atoms with Gasteiger partial charge in [0.1, 0.15) is 11.9 Å². The number of nitrogens with one attached hydrogen (secondary N) is 1. The lowest BCUT2D eigenvalue weighted by Crippen LogP contribution is -2.44. The van der Waals surface area contributed by atoms with E-state index in [9.17, 15) is 14.0 Å². The maximum Gasteiger partial charge on any atom is 0.326 e. The van der Waals surface area contributed by atoms with Crippen molar-refractivity contribution >= 4 is 11.9 Å². The van der Waals surface area contributed by atoms with E-state index in [2.05, 4.69) is 5.32 Å². The standard InChI is InChI=1S/C13H16FNO3/c1-8(2)12(13(17)18)15-11(16)7-9-5-3-4-6-10(9)14/h3-6,8,12H,7H2,1-2H3,(H,15,16)(H,17,18)/t12-/m1/s1. The zero-order chi connectivity index (χ0) is 13.7. The lowest BCUT2D eigenvalue weighted by molar-refractivity contribution is -0.143. The second-order valence-electron chi connectivity index (χ2n) is 4.40. The monoisotopic (exact) mass is 253 g/mol. The van der Waals surface area contributed by atoms with Crippen LogP contribution < -0.4 is 5.32 Å². The molecule has 0 aliphatic heterocycles. The smallest absolute Gasteiger partial charge is 0.326 e. The van der Waals surface area contributed by atoms with Crippen LogP contribution in [0.25, 0.3) is 0 Å². The summed E-state index contributed by atoms with van der Waals surface area (Å²) in [5.74, 6) is -2.29. The van der Waals surface area contributed by atoms with E-state index in [4.69, 9.17) is 5.11 Å². The largest absolute Gasteiger partial charge is 0.480 e. The highest BCUT2D eigenvalue weighted by atomic mass is 19.1. The second-order valence-corrected chi connectivity index (χ2v) is 4.40. The van der Waals surface area contributed by atoms with Gasteiger partial charge >= 0.3 is 5.97 Å². The Hall–Kier alpha value is -1.91. The topological polar surface area (TPSA) is 66.4 Å². The summed E-state index contributed by atoms with van der Waals surface area (Å²) in [6.07, 6.45) is -0.164. The van der Waals surface area contributed by atoms with Gasteiger partial charge in [-0.15, -0.1) is 0 Å². The van der Waals surface area contributed by atoms with Gasteiger partial charge in [0.25, 0.3) is 0 Å². The molecule has 2 N–H and O–H groups in total. The van der Waals surface area contributed by atoms with Crippen molar-refractivity contribution in [2.24, 2.45) is 5.92 Å². The van der Waals surface area contributed by atoms with Gasteiger partial charge in [-0.25, -0.2) is 9.18 Å². The molecule has 0 saturated heterocycles. The van der Waals surface area contributed by atoms with Crippen LogP contribution in [-0.2, 0) is 16.0 Å². The van der Waals surface area contributed by atoms with Crippen LogP contribution in [0.4, 0.5) is 4.39 Å². The number of hydrogen-bond acceptors (Lipinski definition) is 2. The predicted octanol–water partition coefficient (Wildman–Crippen LogP) is 1.59. The molecule has 0 spiro atoms. The summed E-state index contributed by atoms with van der Waals surface area (Å²) in [6.45, 7) is 3.39. The maximum atomic E-state index is 13.3. The van der Waals surface area contributed by atoms with Gasteiger partial charge in [0.2, 0.25) is 5.91 Å². The summed E-state index contributed by atoms with van der Waals surface area (Å²) >= 11 is 0. The summed E-state index contributed by atoms with van der Waals surface area (Å²) in [7, 11) is 0. The first-order valence-electron chi connectivity index (χ1n) is 5.67. The van der Waals surface area contributed by atoms with Crippen LogP contribution in [0, 0.1) is 11.7 Å². The van der Waals surface area contributed by atoms with Crippen LogP contribution in [0.1, 0.15) is 19.4 Å². The molecule has 1 aromatic rings. The fourth-order valence-electron chi connectivity index (χ4n) is 1.55. The van der Waals surface area contributed by atoms with E-state index in [1.165, 1.54) is 18.2 Å². The number of aliphatic carboxylic acids is 1. The first-order valence-corrected chi connectivity index (χ1v) is 5.67. The molecule has 98 valence electrons. The highest BCUT2D eigenvalue weighted by Crippen LogP contribution is 2.08. The van der Waals surface area contributed by atoms with Gasteiger partial charge in [-0.2, -0.15) is 0 Å². The summed E-state index contributed by atoms with van der Waals surface area (Å²) < 4.78 is 13.3. The lowest BCUT2D eigenvalue weighted by Gasteiger charge is -2.17. The van der Waals surface area contributed by atoms with Crippen LogP contribution >= 0.6 is 0 Å². The fourth-order valence-corrected chi connectivity index (χ4v) is 1.55. The van der Waals surface area contributed by atoms with Crippen molar-refractivity contribution < 1.29 is 19.1 Å². The molecular formula is C13H16FNO3. The zero-order valence-electron chi connectivity index (χ0n) is 10.3. The molecule has 0 fully saturated rings. The van der Waals surface area contributed by atoms with Crippen molar-refractivity contribution in [3.63, 3.8) is 0 Å². The van der Waals surface area contributed by atoms with E-state index in [0.29, 0.717) is 0 Å². The van der Waals surface area contributed by atoms with Crippen molar-refractivity contribution in [3.8, 4) is 0 Å². The molecule has 0 aliphatic carbocycles. The molecule has 0 unspecified atom stereocenters. The second kappa shape index (κ2) is 6.14. The van der Waals surface area contributed by atoms with Crippen molar-refractivity contribution in [1.82, 2.24) is 5.32 Å². The number of benzene rings is 1. The number of hydrogen-bond donors (Lipinski definition) is 2. The third-order valence-electron chi connectivity index (χ3n) is 2.56. The highest BCUT2D eigenvalue weighted by Gasteiger charge is 2.23. The molecule has 4 nitrogen and oxygen atoms in total. The molecule has 1 atom stereocenters. The minimum atomic E-state index is -1.09. The fraction of sp³-hybridized carbons (Fsp3) is 0.385. The Balaban J connectivity index is 2.67. The summed E-state index contributed by atoms with van der Waals surface area (Å²) in [6, 6.07) is 4.97. The first-order chi connectivity index (χ1) is 8.41. The molecule has 1 rings (SSSR count). The molecule has 1 aromatic carbocycles. The van der Waals surface area contributed by atoms with Crippen LogP contribution in [0.15, 0.2) is 24.3 Å². The molecular weight excluding hydrogens is 237 g/mol. The van der Waals surface area contributed by atoms with Gasteiger partial charge in [0.15, 0.2) is 0 Å². The van der Waals surface area contributed by atoms with E-state index in [1.54, 1.807) is 19.9 Å². The molecule has 0 aliphatic rings. The Morgan fingerprint density at radius 2 is 1.94 bits per heavy atom. The van der Waals surface area contributed by atoms with Crippen molar-refractivity contribution in [3.05, 3.63) is 35.6 Å². The number of rotatable bonds is 5. The number of carbonyl (C=O) groups is 2. The Bertz CT molecular complexity index is 446. The van der Waals surface area contributed by atoms with E-state index < -0.39 is 23.7 Å². The molecule has 18 heavy (non-hydrogen) atoms. The summed E-state index contributed by atoms with van der Waals surface area (Å²) in [5, 5.41) is 11.3. The van der Waals surface area contributed by atoms with E-state index >= 15 is 0 Å². The van der Waals surface area contributed by atoms with Gasteiger partial charge in [-0.05, 0) is 17.5 Å². The van der Waals surface area contributed by atoms with E-state index in [0.717, 1.165) is 0 Å². The average Bonchev–Trinajstić information content (AvgIpc) is 2.28. The van der Waals surface area contributed by atoms with Gasteiger partial charge in [0, 0.05) is 0 Å². The predicted molar refractivity (Wildman–Crippen MR) is 64.5 cm³/mol. The minimum absolute atomic E-state index is 0.164. The van der Waals surface area contributed by atoms with E-state index in [1.807, 2.05) is 0 Å². The maximum absolute atomic E-state index is 13.3. The van der Waals surface area contributed by atoms with Gasteiger partial charge in [-0.1, -0.05) is 32.0 Å². The third-order valence-corrected chi connectivity index (χ3v) is 2.56. The van der Waals surface area contributed by atoms with Crippen molar-refractivity contribution in [1.29, 1.82) is 0 Å². The van der Waals surface area contributed by atoms with Crippen LogP contribution in [-0.4, -0.2) is 23.0 Å². The van der Waals surface area contributed by atoms with Crippen LogP contribution in [0.5, 0.6) is 0 Å². The highest BCUT2D eigenvalue weighted by molar-refractivity contribution is 5.85. The van der Waals surface area contributed by atoms with Gasteiger partial charge < -0.3 is 10.4 Å². The van der Waals surface area contributed by atoms with Crippen molar-refractivity contribution in [2.75, 3.05) is 0 Å². The lowest BCUT2D eigenvalue weighted by atomic mass is 10.0. The number of carboxylic acid groups (broad SMARTS) is 1. The first kappa shape index (κ1) is 14.2. The quantitative estimate of drug-likeness (QED) is 0.837. The Kier molecular flexibility index (Phi) is 4.83. The molecule has 0 saturated carbocycles.